The minimum atomic E-state index is -0.0961. The number of para-hydroxylation sites is 2. The summed E-state index contributed by atoms with van der Waals surface area (Å²) < 4.78 is 7.61. The van der Waals surface area contributed by atoms with E-state index in [0.717, 1.165) is 0 Å². The lowest BCUT2D eigenvalue weighted by molar-refractivity contribution is 0.666. The summed E-state index contributed by atoms with van der Waals surface area (Å²) in [6.45, 7) is 4.78. The van der Waals surface area contributed by atoms with Crippen LogP contribution in [0.2, 0.25) is 0 Å². The van der Waals surface area contributed by atoms with Crippen LogP contribution in [-0.4, -0.2) is 9.13 Å². The number of benzene rings is 7. The first-order valence-corrected chi connectivity index (χ1v) is 17.5. The van der Waals surface area contributed by atoms with E-state index in [2.05, 4.69) is 169 Å². The molecule has 48 heavy (non-hydrogen) atoms. The third kappa shape index (κ3) is 3.31. The van der Waals surface area contributed by atoms with Crippen LogP contribution < -0.4 is 0 Å². The molecule has 2 nitrogen and oxygen atoms in total. The Bertz CT molecular complexity index is 2970. The van der Waals surface area contributed by atoms with Gasteiger partial charge in [0.05, 0.1) is 22.1 Å². The van der Waals surface area contributed by atoms with Gasteiger partial charge in [0, 0.05) is 58.5 Å². The Hall–Kier alpha value is -5.64. The molecule has 226 valence electrons. The number of fused-ring (bicyclic) bond motifs is 13. The van der Waals surface area contributed by atoms with Crippen molar-refractivity contribution in [1.82, 2.24) is 9.13 Å². The van der Waals surface area contributed by atoms with Crippen molar-refractivity contribution in [2.24, 2.45) is 0 Å². The number of hydrogen-bond acceptors (Lipinski definition) is 1. The zero-order valence-corrected chi connectivity index (χ0v) is 27.5. The molecule has 0 radical (unpaired) electrons. The molecule has 0 bridgehead atoms. The summed E-state index contributed by atoms with van der Waals surface area (Å²) in [6.07, 6.45) is 0. The van der Waals surface area contributed by atoms with Crippen LogP contribution in [0.4, 0.5) is 0 Å². The number of hydrogen-bond donors (Lipinski definition) is 0. The van der Waals surface area contributed by atoms with Crippen molar-refractivity contribution in [3.63, 3.8) is 0 Å². The van der Waals surface area contributed by atoms with Crippen molar-refractivity contribution in [3.8, 4) is 22.5 Å². The van der Waals surface area contributed by atoms with Gasteiger partial charge in [0.2, 0.25) is 0 Å². The van der Waals surface area contributed by atoms with Crippen molar-refractivity contribution >= 4 is 75.1 Å². The molecule has 11 rings (SSSR count). The Morgan fingerprint density at radius 1 is 0.438 bits per heavy atom. The SMILES string of the molecule is CC1(C)c2ccccc2-c2ccc3c(c21)c1ccccc1n3-c1ccc2c3cc4c(cc3n(-c3ccccc3)c2c1)sc1ccccc14. The molecule has 0 amide bonds. The third-order valence-electron chi connectivity index (χ3n) is 10.9. The topological polar surface area (TPSA) is 9.86 Å². The van der Waals surface area contributed by atoms with Crippen LogP contribution in [0.25, 0.3) is 86.3 Å². The molecular weight excluding hydrogens is 601 g/mol. The fraction of sp³-hybridized carbons (Fsp3) is 0.0667. The number of aromatic nitrogens is 2. The molecule has 7 aromatic carbocycles. The van der Waals surface area contributed by atoms with Gasteiger partial charge >= 0.3 is 0 Å². The van der Waals surface area contributed by atoms with Crippen molar-refractivity contribution in [2.75, 3.05) is 0 Å². The molecule has 0 N–H and O–H groups in total. The van der Waals surface area contributed by atoms with Crippen molar-refractivity contribution < 1.29 is 0 Å². The first-order valence-electron chi connectivity index (χ1n) is 16.7. The molecule has 0 fully saturated rings. The van der Waals surface area contributed by atoms with Gasteiger partial charge in [-0.25, -0.2) is 0 Å². The standard InChI is InChI=1S/C45H30N2S/c1-45(2)36-17-9-6-14-29(36)32-22-23-38-43(44(32)45)33-16-7-10-18-37(33)47(38)28-20-21-30-34-25-35-31-15-8-11-19-41(31)48-42(35)26-40(34)46(39(30)24-28)27-12-4-3-5-13-27/h3-26H,1-2H3. The van der Waals surface area contributed by atoms with Crippen molar-refractivity contribution in [2.45, 2.75) is 19.3 Å². The molecule has 3 aromatic heterocycles. The highest BCUT2D eigenvalue weighted by molar-refractivity contribution is 7.25. The van der Waals surface area contributed by atoms with Gasteiger partial charge in [0.15, 0.2) is 0 Å². The summed E-state index contributed by atoms with van der Waals surface area (Å²) in [5, 5.41) is 7.89. The lowest BCUT2D eigenvalue weighted by atomic mass is 9.80. The molecule has 0 unspecified atom stereocenters. The smallest absolute Gasteiger partial charge is 0.0561 e. The largest absolute Gasteiger partial charge is 0.309 e. The van der Waals surface area contributed by atoms with Crippen LogP contribution in [0.1, 0.15) is 25.0 Å². The number of nitrogens with zero attached hydrogens (tertiary/aromatic N) is 2. The molecule has 0 atom stereocenters. The second-order valence-corrected chi connectivity index (χ2v) is 14.8. The maximum absolute atomic E-state index is 2.49. The van der Waals surface area contributed by atoms with E-state index in [4.69, 9.17) is 0 Å². The molecular formula is C45H30N2S. The van der Waals surface area contributed by atoms with Gasteiger partial charge in [-0.3, -0.25) is 0 Å². The van der Waals surface area contributed by atoms with E-state index in [1.54, 1.807) is 0 Å². The van der Waals surface area contributed by atoms with Gasteiger partial charge in [0.25, 0.3) is 0 Å². The molecule has 1 aliphatic rings. The van der Waals surface area contributed by atoms with Crippen molar-refractivity contribution in [3.05, 3.63) is 157 Å². The van der Waals surface area contributed by atoms with Crippen LogP contribution in [-0.2, 0) is 5.41 Å². The van der Waals surface area contributed by atoms with E-state index in [9.17, 15) is 0 Å². The van der Waals surface area contributed by atoms with Crippen LogP contribution in [0.15, 0.2) is 146 Å². The van der Waals surface area contributed by atoms with E-state index in [-0.39, 0.29) is 5.41 Å². The van der Waals surface area contributed by atoms with Gasteiger partial charge in [-0.1, -0.05) is 105 Å². The average molecular weight is 631 g/mol. The highest BCUT2D eigenvalue weighted by atomic mass is 32.1. The first kappa shape index (κ1) is 26.4. The fourth-order valence-corrected chi connectivity index (χ4v) is 9.95. The summed E-state index contributed by atoms with van der Waals surface area (Å²) >= 11 is 1.88. The van der Waals surface area contributed by atoms with E-state index in [0.29, 0.717) is 0 Å². The lowest BCUT2D eigenvalue weighted by Crippen LogP contribution is -2.15. The molecule has 10 aromatic rings. The highest BCUT2D eigenvalue weighted by Gasteiger charge is 2.38. The maximum Gasteiger partial charge on any atom is 0.0561 e. The summed E-state index contributed by atoms with van der Waals surface area (Å²) in [5.41, 5.74) is 12.8. The Morgan fingerprint density at radius 3 is 2.06 bits per heavy atom. The predicted molar refractivity (Wildman–Crippen MR) is 206 cm³/mol. The van der Waals surface area contributed by atoms with Crippen LogP contribution in [0.3, 0.4) is 0 Å². The summed E-state index contributed by atoms with van der Waals surface area (Å²) in [7, 11) is 0. The maximum atomic E-state index is 2.49. The van der Waals surface area contributed by atoms with E-state index < -0.39 is 0 Å². The zero-order valence-electron chi connectivity index (χ0n) is 26.7. The van der Waals surface area contributed by atoms with E-state index in [1.807, 2.05) is 11.3 Å². The second-order valence-electron chi connectivity index (χ2n) is 13.7. The first-order chi connectivity index (χ1) is 23.6. The minimum absolute atomic E-state index is 0.0961. The molecule has 0 spiro atoms. The lowest BCUT2D eigenvalue weighted by Gasteiger charge is -2.22. The minimum Gasteiger partial charge on any atom is -0.309 e. The number of thiophene rings is 1. The highest BCUT2D eigenvalue weighted by Crippen LogP contribution is 2.53. The van der Waals surface area contributed by atoms with Crippen LogP contribution in [0.5, 0.6) is 0 Å². The Balaban J connectivity index is 1.24. The fourth-order valence-electron chi connectivity index (χ4n) is 8.83. The summed E-state index contributed by atoms with van der Waals surface area (Å²) in [4.78, 5) is 0. The zero-order chi connectivity index (χ0) is 31.7. The summed E-state index contributed by atoms with van der Waals surface area (Å²) in [6, 6.07) is 54.2. The molecule has 1 aliphatic carbocycles. The van der Waals surface area contributed by atoms with Crippen LogP contribution >= 0.6 is 11.3 Å². The molecule has 0 aliphatic heterocycles. The molecule has 3 heterocycles. The Morgan fingerprint density at radius 2 is 1.17 bits per heavy atom. The predicted octanol–water partition coefficient (Wildman–Crippen LogP) is 12.6. The van der Waals surface area contributed by atoms with Gasteiger partial charge < -0.3 is 9.13 Å². The van der Waals surface area contributed by atoms with E-state index >= 15 is 0 Å². The Labute approximate surface area is 281 Å². The molecule has 0 saturated carbocycles. The van der Waals surface area contributed by atoms with Gasteiger partial charge in [-0.15, -0.1) is 11.3 Å². The Kier molecular flexibility index (Phi) is 5.09. The number of rotatable bonds is 2. The van der Waals surface area contributed by atoms with Gasteiger partial charge in [-0.05, 0) is 76.9 Å². The quantitative estimate of drug-likeness (QED) is 0.180. The van der Waals surface area contributed by atoms with Crippen LogP contribution in [0, 0.1) is 0 Å². The third-order valence-corrected chi connectivity index (χ3v) is 12.0. The average Bonchev–Trinajstić information content (AvgIpc) is 3.82. The van der Waals surface area contributed by atoms with E-state index in [1.165, 1.54) is 97.4 Å². The van der Waals surface area contributed by atoms with Gasteiger partial charge in [0.1, 0.15) is 0 Å². The molecule has 3 heteroatoms. The van der Waals surface area contributed by atoms with Crippen molar-refractivity contribution in [1.29, 1.82) is 0 Å². The molecule has 0 saturated heterocycles. The monoisotopic (exact) mass is 630 g/mol. The van der Waals surface area contributed by atoms with Gasteiger partial charge in [-0.2, -0.15) is 0 Å². The summed E-state index contributed by atoms with van der Waals surface area (Å²) in [5.74, 6) is 0. The second kappa shape index (κ2) is 9.25. The normalized spacial score (nSPS) is 13.8.